The van der Waals surface area contributed by atoms with Crippen molar-refractivity contribution in [1.82, 2.24) is 0 Å². The van der Waals surface area contributed by atoms with E-state index in [4.69, 9.17) is 0 Å². The fourth-order valence-corrected chi connectivity index (χ4v) is 0.792. The van der Waals surface area contributed by atoms with Crippen LogP contribution in [0.2, 0.25) is 0 Å². The summed E-state index contributed by atoms with van der Waals surface area (Å²) < 4.78 is 124. The van der Waals surface area contributed by atoms with Crippen LogP contribution in [0.3, 0.4) is 0 Å². The van der Waals surface area contributed by atoms with E-state index in [1.165, 1.54) is 0 Å². The van der Waals surface area contributed by atoms with E-state index < -0.39 is 30.3 Å². The monoisotopic (exact) mass is 294 g/mol. The zero-order chi connectivity index (χ0) is 15.0. The van der Waals surface area contributed by atoms with E-state index in [9.17, 15) is 43.9 Å². The number of alkyl halides is 10. The molecule has 0 amide bonds. The molecule has 0 atom stereocenters. The molecule has 0 saturated heterocycles. The van der Waals surface area contributed by atoms with E-state index in [1.807, 2.05) is 0 Å². The molecular formula is C7H4F10O. The number of hydrogen-bond acceptors (Lipinski definition) is 1. The molecule has 0 saturated carbocycles. The quantitative estimate of drug-likeness (QED) is 0.564. The highest BCUT2D eigenvalue weighted by atomic mass is 19.4. The first-order chi connectivity index (χ1) is 7.69. The Hall–Kier alpha value is -1.16. The number of ether oxygens (including phenoxy) is 1. The molecule has 0 bridgehead atoms. The van der Waals surface area contributed by atoms with Gasteiger partial charge in [-0.25, -0.2) is 0 Å². The van der Waals surface area contributed by atoms with Crippen molar-refractivity contribution in [2.24, 2.45) is 0 Å². The molecule has 1 nitrogen and oxygen atoms in total. The van der Waals surface area contributed by atoms with Crippen LogP contribution in [0.5, 0.6) is 0 Å². The van der Waals surface area contributed by atoms with Crippen LogP contribution in [0.4, 0.5) is 43.9 Å². The van der Waals surface area contributed by atoms with Gasteiger partial charge >= 0.3 is 24.2 Å². The third kappa shape index (κ3) is 2.80. The highest BCUT2D eigenvalue weighted by Gasteiger charge is 2.77. The molecule has 18 heavy (non-hydrogen) atoms. The van der Waals surface area contributed by atoms with E-state index in [0.29, 0.717) is 0 Å². The van der Waals surface area contributed by atoms with Crippen molar-refractivity contribution in [3.63, 3.8) is 0 Å². The molecule has 0 aliphatic rings. The zero-order valence-electron chi connectivity index (χ0n) is 8.05. The summed E-state index contributed by atoms with van der Waals surface area (Å²) in [5.41, 5.74) is 0. The van der Waals surface area contributed by atoms with Gasteiger partial charge in [0, 0.05) is 0 Å². The molecule has 108 valence electrons. The predicted molar refractivity (Wildman–Crippen MR) is 37.1 cm³/mol. The van der Waals surface area contributed by atoms with Crippen molar-refractivity contribution in [2.75, 3.05) is 0 Å². The first-order valence-corrected chi connectivity index (χ1v) is 3.85. The van der Waals surface area contributed by atoms with Crippen molar-refractivity contribution in [3.8, 4) is 0 Å². The van der Waals surface area contributed by atoms with Crippen molar-refractivity contribution in [2.45, 2.75) is 30.3 Å². The Morgan fingerprint density at radius 2 is 1.00 bits per heavy atom. The fourth-order valence-electron chi connectivity index (χ4n) is 0.792. The molecule has 11 heteroatoms. The lowest BCUT2D eigenvalue weighted by molar-refractivity contribution is -0.384. The second-order valence-corrected chi connectivity index (χ2v) is 2.92. The maximum absolute atomic E-state index is 12.5. The minimum Gasteiger partial charge on any atom is -0.485 e. The summed E-state index contributed by atoms with van der Waals surface area (Å²) in [6.45, 7) is 2.37. The fraction of sp³-hybridized carbons (Fsp3) is 0.714. The molecule has 0 spiro atoms. The maximum atomic E-state index is 12.5. The third-order valence-corrected chi connectivity index (χ3v) is 1.65. The summed E-state index contributed by atoms with van der Waals surface area (Å²) in [5, 5.41) is 0. The van der Waals surface area contributed by atoms with Gasteiger partial charge in [-0.2, -0.15) is 43.9 Å². The number of rotatable bonds is 4. The molecule has 0 aromatic carbocycles. The molecule has 0 heterocycles. The van der Waals surface area contributed by atoms with Crippen LogP contribution in [-0.4, -0.2) is 30.3 Å². The summed E-state index contributed by atoms with van der Waals surface area (Å²) >= 11 is 0. The minimum atomic E-state index is -6.64. The number of hydrogen-bond donors (Lipinski definition) is 0. The van der Waals surface area contributed by atoms with Crippen LogP contribution in [-0.2, 0) is 4.74 Å². The highest BCUT2D eigenvalue weighted by molar-refractivity contribution is 4.98. The molecule has 0 aromatic heterocycles. The molecule has 0 N–H and O–H groups in total. The van der Waals surface area contributed by atoms with Crippen LogP contribution in [0, 0.1) is 0 Å². The van der Waals surface area contributed by atoms with Gasteiger partial charge in [-0.05, 0) is 0 Å². The molecule has 0 aliphatic heterocycles. The molecule has 0 rings (SSSR count). The Morgan fingerprint density at radius 1 is 0.722 bits per heavy atom. The second kappa shape index (κ2) is 4.50. The normalized spacial score (nSPS) is 14.8. The van der Waals surface area contributed by atoms with Crippen molar-refractivity contribution in [3.05, 3.63) is 12.8 Å². The largest absolute Gasteiger partial charge is 0.485 e. The summed E-state index contributed by atoms with van der Waals surface area (Å²) in [6.07, 6.45) is -18.4. The van der Waals surface area contributed by atoms with Crippen molar-refractivity contribution < 1.29 is 48.6 Å². The predicted octanol–water partition coefficient (Wildman–Crippen LogP) is 3.91. The molecule has 0 radical (unpaired) electrons. The third-order valence-electron chi connectivity index (χ3n) is 1.65. The Labute approximate surface area is 93.0 Å². The lowest BCUT2D eigenvalue weighted by Crippen LogP contribution is -2.61. The molecule has 0 aliphatic carbocycles. The Balaban J connectivity index is 5.67. The smallest absolute Gasteiger partial charge is 0.457 e. The van der Waals surface area contributed by atoms with E-state index in [0.717, 1.165) is 0 Å². The maximum Gasteiger partial charge on any atom is 0.457 e. The van der Waals surface area contributed by atoms with E-state index in [1.54, 1.807) is 0 Å². The van der Waals surface area contributed by atoms with Gasteiger partial charge in [0.05, 0.1) is 6.26 Å². The van der Waals surface area contributed by atoms with Gasteiger partial charge in [0.1, 0.15) is 0 Å². The Bertz CT molecular complexity index is 274. The Kier molecular flexibility index (Phi) is 4.21. The van der Waals surface area contributed by atoms with E-state index >= 15 is 0 Å². The van der Waals surface area contributed by atoms with Crippen LogP contribution < -0.4 is 0 Å². The van der Waals surface area contributed by atoms with Crippen LogP contribution in [0.25, 0.3) is 0 Å². The summed E-state index contributed by atoms with van der Waals surface area (Å²) in [6, 6.07) is 0. The summed E-state index contributed by atoms with van der Waals surface area (Å²) in [4.78, 5) is 0. The van der Waals surface area contributed by atoms with Crippen LogP contribution in [0.1, 0.15) is 0 Å². The average molecular weight is 294 g/mol. The topological polar surface area (TPSA) is 9.23 Å². The Morgan fingerprint density at radius 3 is 1.17 bits per heavy atom. The molecular weight excluding hydrogens is 290 g/mol. The summed E-state index contributed by atoms with van der Waals surface area (Å²) in [7, 11) is 0. The van der Waals surface area contributed by atoms with Gasteiger partial charge in [0.2, 0.25) is 6.10 Å². The van der Waals surface area contributed by atoms with Gasteiger partial charge in [-0.15, -0.1) is 0 Å². The van der Waals surface area contributed by atoms with Crippen molar-refractivity contribution in [1.29, 1.82) is 0 Å². The molecule has 0 fully saturated rings. The molecule has 0 unspecified atom stereocenters. The van der Waals surface area contributed by atoms with Gasteiger partial charge in [-0.1, -0.05) is 6.58 Å². The van der Waals surface area contributed by atoms with Crippen LogP contribution in [0.15, 0.2) is 12.8 Å². The average Bonchev–Trinajstić information content (AvgIpc) is 2.09. The molecule has 0 aromatic rings. The van der Waals surface area contributed by atoms with Gasteiger partial charge in [0.25, 0.3) is 0 Å². The standard InChI is InChI=1S/C7H4F10O/c1-2-18-3(4(8,9)6(12,13)14)5(10,11)7(15,16)17/h2-3H,1H2. The lowest BCUT2D eigenvalue weighted by Gasteiger charge is -2.33. The van der Waals surface area contributed by atoms with E-state index in [-0.39, 0.29) is 6.26 Å². The second-order valence-electron chi connectivity index (χ2n) is 2.92. The SMILES string of the molecule is C=COC(C(F)(F)C(F)(F)F)C(F)(F)C(F)(F)F. The lowest BCUT2D eigenvalue weighted by atomic mass is 10.0. The highest BCUT2D eigenvalue weighted by Crippen LogP contribution is 2.49. The summed E-state index contributed by atoms with van der Waals surface area (Å²) in [5.74, 6) is -12.8. The van der Waals surface area contributed by atoms with E-state index in [2.05, 4.69) is 11.3 Å². The van der Waals surface area contributed by atoms with Gasteiger partial charge < -0.3 is 4.74 Å². The zero-order valence-corrected chi connectivity index (χ0v) is 8.05. The minimum absolute atomic E-state index is 0.357. The van der Waals surface area contributed by atoms with Gasteiger partial charge in [-0.3, -0.25) is 0 Å². The van der Waals surface area contributed by atoms with Crippen molar-refractivity contribution >= 4 is 0 Å². The van der Waals surface area contributed by atoms with Gasteiger partial charge in [0.15, 0.2) is 0 Å². The first-order valence-electron chi connectivity index (χ1n) is 3.85. The first kappa shape index (κ1) is 16.8. The van der Waals surface area contributed by atoms with Crippen LogP contribution >= 0.6 is 0 Å². The number of halogens is 10.